The number of H-pyrrole nitrogens is 1. The minimum Gasteiger partial charge on any atom is -0.503 e. The fourth-order valence-corrected chi connectivity index (χ4v) is 5.84. The zero-order chi connectivity index (χ0) is 25.5. The minimum absolute atomic E-state index is 0.0877. The number of aromatic nitrogens is 2. The molecule has 4 aromatic rings. The Morgan fingerprint density at radius 1 is 1.03 bits per heavy atom. The van der Waals surface area contributed by atoms with Gasteiger partial charge in [-0.2, -0.15) is 0 Å². The number of fused-ring (bicyclic) bond motifs is 2. The first kappa shape index (κ1) is 23.5. The molecular formula is C28H30FN5O3. The number of hydrogen-bond donors (Lipinski definition) is 2. The Bertz CT molecular complexity index is 1510. The fraction of sp³-hybridized carbons (Fsp3) is 0.357. The van der Waals surface area contributed by atoms with Crippen LogP contribution in [0.5, 0.6) is 11.5 Å². The molecular weight excluding hydrogens is 473 g/mol. The zero-order valence-corrected chi connectivity index (χ0v) is 20.8. The summed E-state index contributed by atoms with van der Waals surface area (Å²) in [7, 11) is 1.70. The van der Waals surface area contributed by atoms with Gasteiger partial charge in [0.25, 0.3) is 0 Å². The lowest BCUT2D eigenvalue weighted by Gasteiger charge is -2.44. The third kappa shape index (κ3) is 4.23. The summed E-state index contributed by atoms with van der Waals surface area (Å²) in [5, 5.41) is 10.7. The van der Waals surface area contributed by atoms with Crippen molar-refractivity contribution in [2.45, 2.75) is 18.9 Å². The molecule has 0 unspecified atom stereocenters. The first-order chi connectivity index (χ1) is 18.0. The van der Waals surface area contributed by atoms with Gasteiger partial charge in [-0.25, -0.2) is 4.39 Å². The summed E-state index contributed by atoms with van der Waals surface area (Å²) in [6.07, 6.45) is 5.06. The summed E-state index contributed by atoms with van der Waals surface area (Å²) in [4.78, 5) is 27.1. The van der Waals surface area contributed by atoms with Crippen LogP contribution < -0.4 is 20.0 Å². The highest BCUT2D eigenvalue weighted by Gasteiger charge is 2.29. The number of nitrogens with zero attached hydrogens (tertiary/aromatic N) is 4. The van der Waals surface area contributed by atoms with Gasteiger partial charge in [0.05, 0.1) is 34.9 Å². The predicted octanol–water partition coefficient (Wildman–Crippen LogP) is 3.72. The first-order valence-electron chi connectivity index (χ1n) is 12.7. The quantitative estimate of drug-likeness (QED) is 0.439. The molecule has 4 heterocycles. The predicted molar refractivity (Wildman–Crippen MR) is 144 cm³/mol. The maximum atomic E-state index is 14.4. The van der Waals surface area contributed by atoms with Gasteiger partial charge >= 0.3 is 0 Å². The van der Waals surface area contributed by atoms with Gasteiger partial charge in [-0.05, 0) is 37.1 Å². The van der Waals surface area contributed by atoms with Crippen molar-refractivity contribution in [3.63, 3.8) is 0 Å². The Kier molecular flexibility index (Phi) is 6.08. The molecule has 0 saturated carbocycles. The van der Waals surface area contributed by atoms with E-state index in [9.17, 15) is 14.3 Å². The summed E-state index contributed by atoms with van der Waals surface area (Å²) < 4.78 is 19.9. The van der Waals surface area contributed by atoms with Crippen LogP contribution in [0.15, 0.2) is 53.6 Å². The molecule has 0 aliphatic carbocycles. The minimum atomic E-state index is -0.681. The van der Waals surface area contributed by atoms with E-state index in [0.717, 1.165) is 80.1 Å². The van der Waals surface area contributed by atoms with Crippen LogP contribution in [0.25, 0.3) is 21.8 Å². The Hall–Kier alpha value is -3.85. The molecule has 0 amide bonds. The van der Waals surface area contributed by atoms with Gasteiger partial charge in [-0.3, -0.25) is 14.7 Å². The lowest BCUT2D eigenvalue weighted by atomic mass is 10.0. The van der Waals surface area contributed by atoms with Gasteiger partial charge in [-0.1, -0.05) is 6.07 Å². The molecule has 0 spiro atoms. The smallest absolute Gasteiger partial charge is 0.233 e. The average Bonchev–Trinajstić information content (AvgIpc) is 2.94. The molecule has 2 N–H and O–H groups in total. The highest BCUT2D eigenvalue weighted by atomic mass is 19.1. The average molecular weight is 504 g/mol. The van der Waals surface area contributed by atoms with Crippen molar-refractivity contribution in [1.29, 1.82) is 0 Å². The summed E-state index contributed by atoms with van der Waals surface area (Å²) >= 11 is 0. The monoisotopic (exact) mass is 503 g/mol. The van der Waals surface area contributed by atoms with Crippen molar-refractivity contribution in [3.8, 4) is 11.5 Å². The van der Waals surface area contributed by atoms with Crippen molar-refractivity contribution in [2.24, 2.45) is 0 Å². The molecule has 6 rings (SSSR count). The second-order valence-corrected chi connectivity index (χ2v) is 9.78. The molecule has 0 radical (unpaired) electrons. The second-order valence-electron chi connectivity index (χ2n) is 9.78. The number of rotatable bonds is 4. The van der Waals surface area contributed by atoms with Gasteiger partial charge in [-0.15, -0.1) is 0 Å². The van der Waals surface area contributed by atoms with E-state index in [1.807, 2.05) is 18.3 Å². The van der Waals surface area contributed by atoms with Gasteiger partial charge in [0.1, 0.15) is 11.6 Å². The number of anilines is 2. The third-order valence-corrected chi connectivity index (χ3v) is 7.82. The summed E-state index contributed by atoms with van der Waals surface area (Å²) in [6.45, 7) is 5.43. The Labute approximate surface area is 213 Å². The standard InChI is InChI=1S/C28H30FN5O3/c1-37-20-15-18-3-2-8-30-26(18)23(16-20)34-13-11-32(12-14-34)19-6-9-33(10-7-19)22-5-4-21(29)25-27(22)31-17-24(35)28(25)36/h2-5,8,15-17,19,35H,6-7,9-14H2,1H3,(H,31,36). The molecule has 2 saturated heterocycles. The van der Waals surface area contributed by atoms with E-state index in [0.29, 0.717) is 11.6 Å². The molecule has 2 aliphatic heterocycles. The maximum absolute atomic E-state index is 14.4. The molecule has 8 nitrogen and oxygen atoms in total. The van der Waals surface area contributed by atoms with Crippen molar-refractivity contribution < 1.29 is 14.2 Å². The lowest BCUT2D eigenvalue weighted by molar-refractivity contribution is 0.160. The van der Waals surface area contributed by atoms with Crippen molar-refractivity contribution in [1.82, 2.24) is 14.9 Å². The van der Waals surface area contributed by atoms with Crippen LogP contribution in [0.4, 0.5) is 15.8 Å². The van der Waals surface area contributed by atoms with Crippen LogP contribution in [-0.4, -0.2) is 72.4 Å². The topological polar surface area (TPSA) is 84.9 Å². The van der Waals surface area contributed by atoms with Crippen molar-refractivity contribution in [3.05, 3.63) is 64.8 Å². The Morgan fingerprint density at radius 2 is 1.78 bits per heavy atom. The van der Waals surface area contributed by atoms with Crippen LogP contribution in [0.2, 0.25) is 0 Å². The molecule has 192 valence electrons. The number of piperazine rings is 1. The van der Waals surface area contributed by atoms with Crippen LogP contribution in [-0.2, 0) is 0 Å². The molecule has 2 aliphatic rings. The van der Waals surface area contributed by atoms with Crippen LogP contribution in [0, 0.1) is 5.82 Å². The number of pyridine rings is 2. The fourth-order valence-electron chi connectivity index (χ4n) is 5.84. The van der Waals surface area contributed by atoms with Crippen molar-refractivity contribution in [2.75, 3.05) is 56.2 Å². The third-order valence-electron chi connectivity index (χ3n) is 7.82. The van der Waals surface area contributed by atoms with E-state index in [4.69, 9.17) is 4.74 Å². The van der Waals surface area contributed by atoms with E-state index in [2.05, 4.69) is 36.8 Å². The van der Waals surface area contributed by atoms with Gasteiger partial charge in [0.15, 0.2) is 5.75 Å². The summed E-state index contributed by atoms with van der Waals surface area (Å²) in [5.74, 6) is -0.253. The number of methoxy groups -OCH3 is 1. The normalized spacial score (nSPS) is 17.6. The first-order valence-corrected chi connectivity index (χ1v) is 12.7. The molecule has 37 heavy (non-hydrogen) atoms. The lowest BCUT2D eigenvalue weighted by Crippen LogP contribution is -2.53. The number of aromatic hydroxyl groups is 1. The molecule has 2 aromatic heterocycles. The largest absolute Gasteiger partial charge is 0.503 e. The van der Waals surface area contributed by atoms with E-state index >= 15 is 0 Å². The number of ether oxygens (including phenoxy) is 1. The van der Waals surface area contributed by atoms with E-state index in [1.54, 1.807) is 13.2 Å². The number of piperidine rings is 1. The number of aromatic amines is 1. The van der Waals surface area contributed by atoms with Gasteiger partial charge < -0.3 is 24.6 Å². The highest BCUT2D eigenvalue weighted by Crippen LogP contribution is 2.33. The highest BCUT2D eigenvalue weighted by molar-refractivity contribution is 5.93. The number of benzene rings is 2. The van der Waals surface area contributed by atoms with Gasteiger partial charge in [0.2, 0.25) is 5.43 Å². The van der Waals surface area contributed by atoms with Crippen LogP contribution in [0.1, 0.15) is 12.8 Å². The van der Waals surface area contributed by atoms with Crippen molar-refractivity contribution >= 4 is 33.2 Å². The molecule has 2 fully saturated rings. The van der Waals surface area contributed by atoms with E-state index in [1.165, 1.54) is 12.3 Å². The maximum Gasteiger partial charge on any atom is 0.233 e. The molecule has 2 aromatic carbocycles. The molecule has 0 bridgehead atoms. The SMILES string of the molecule is COc1cc(N2CCN(C3CCN(c4ccc(F)c5c(=O)c(O)c[nH]c45)CC3)CC2)c2ncccc2c1. The Morgan fingerprint density at radius 3 is 2.54 bits per heavy atom. The van der Waals surface area contributed by atoms with Gasteiger partial charge in [0, 0.05) is 69.2 Å². The van der Waals surface area contributed by atoms with Crippen LogP contribution >= 0.6 is 0 Å². The van der Waals surface area contributed by atoms with Crippen LogP contribution in [0.3, 0.4) is 0 Å². The number of halogens is 1. The van der Waals surface area contributed by atoms with E-state index < -0.39 is 17.0 Å². The zero-order valence-electron chi connectivity index (χ0n) is 20.8. The second kappa shape index (κ2) is 9.55. The molecule has 9 heteroatoms. The number of hydrogen-bond acceptors (Lipinski definition) is 7. The summed E-state index contributed by atoms with van der Waals surface area (Å²) in [6, 6.07) is 11.6. The van der Waals surface area contributed by atoms with E-state index in [-0.39, 0.29) is 5.39 Å². The molecule has 0 atom stereocenters. The number of nitrogens with one attached hydrogen (secondary N) is 1. The summed E-state index contributed by atoms with van der Waals surface area (Å²) in [5.41, 5.74) is 2.68. The Balaban J connectivity index is 1.13.